The average Bonchev–Trinajstić information content (AvgIpc) is 2.39. The molecular formula is C14H21N3O2. The van der Waals surface area contributed by atoms with Crippen molar-refractivity contribution in [3.05, 3.63) is 33.9 Å². The van der Waals surface area contributed by atoms with Gasteiger partial charge >= 0.3 is 0 Å². The maximum atomic E-state index is 11.1. The first-order chi connectivity index (χ1) is 9.08. The van der Waals surface area contributed by atoms with Crippen LogP contribution in [0.5, 0.6) is 0 Å². The van der Waals surface area contributed by atoms with Gasteiger partial charge in [-0.1, -0.05) is 6.07 Å². The molecule has 2 rings (SSSR count). The van der Waals surface area contributed by atoms with Gasteiger partial charge in [-0.25, -0.2) is 0 Å². The van der Waals surface area contributed by atoms with Gasteiger partial charge in [0.2, 0.25) is 0 Å². The zero-order chi connectivity index (χ0) is 13.8. The summed E-state index contributed by atoms with van der Waals surface area (Å²) in [4.78, 5) is 12.8. The molecule has 0 amide bonds. The van der Waals surface area contributed by atoms with Gasteiger partial charge in [0.05, 0.1) is 4.92 Å². The van der Waals surface area contributed by atoms with Crippen molar-refractivity contribution < 1.29 is 4.92 Å². The van der Waals surface area contributed by atoms with Crippen LogP contribution in [0.3, 0.4) is 0 Å². The van der Waals surface area contributed by atoms with E-state index in [0.717, 1.165) is 30.9 Å². The number of nitro groups is 1. The second kappa shape index (κ2) is 6.02. The lowest BCUT2D eigenvalue weighted by Crippen LogP contribution is -2.37. The minimum Gasteiger partial charge on any atom is -0.369 e. The number of aryl methyl sites for hydroxylation is 1. The minimum absolute atomic E-state index is 0.192. The summed E-state index contributed by atoms with van der Waals surface area (Å²) in [5.41, 5.74) is 1.96. The van der Waals surface area contributed by atoms with Crippen molar-refractivity contribution in [1.82, 2.24) is 5.32 Å². The molecule has 0 bridgehead atoms. The van der Waals surface area contributed by atoms with Crippen LogP contribution in [-0.4, -0.2) is 31.6 Å². The highest BCUT2D eigenvalue weighted by Gasteiger charge is 2.20. The Labute approximate surface area is 113 Å². The van der Waals surface area contributed by atoms with Gasteiger partial charge in [-0.15, -0.1) is 0 Å². The highest BCUT2D eigenvalue weighted by molar-refractivity contribution is 5.64. The SMILES string of the molecule is Cc1ccc([N+](=O)[O-])c(N(C)CC2CCCNC2)c1. The first-order valence-corrected chi connectivity index (χ1v) is 6.75. The Kier molecular flexibility index (Phi) is 4.37. The van der Waals surface area contributed by atoms with E-state index < -0.39 is 0 Å². The highest BCUT2D eigenvalue weighted by Crippen LogP contribution is 2.29. The molecule has 0 radical (unpaired) electrons. The number of anilines is 1. The maximum absolute atomic E-state index is 11.1. The lowest BCUT2D eigenvalue weighted by Gasteiger charge is -2.28. The van der Waals surface area contributed by atoms with E-state index in [1.807, 2.05) is 24.9 Å². The Morgan fingerprint density at radius 1 is 1.53 bits per heavy atom. The van der Waals surface area contributed by atoms with Crippen LogP contribution in [0.1, 0.15) is 18.4 Å². The van der Waals surface area contributed by atoms with Crippen molar-refractivity contribution in [2.45, 2.75) is 19.8 Å². The van der Waals surface area contributed by atoms with Gasteiger partial charge in [-0.2, -0.15) is 0 Å². The zero-order valence-corrected chi connectivity index (χ0v) is 11.6. The van der Waals surface area contributed by atoms with Crippen molar-refractivity contribution in [2.75, 3.05) is 31.6 Å². The Bertz CT molecular complexity index is 456. The normalized spacial score (nSPS) is 19.2. The Balaban J connectivity index is 2.14. The molecule has 104 valence electrons. The third-order valence-corrected chi connectivity index (χ3v) is 3.67. The molecule has 0 aromatic heterocycles. The van der Waals surface area contributed by atoms with Gasteiger partial charge < -0.3 is 10.2 Å². The van der Waals surface area contributed by atoms with E-state index in [0.29, 0.717) is 5.92 Å². The van der Waals surface area contributed by atoms with E-state index >= 15 is 0 Å². The van der Waals surface area contributed by atoms with Crippen molar-refractivity contribution >= 4 is 11.4 Å². The van der Waals surface area contributed by atoms with E-state index in [2.05, 4.69) is 5.32 Å². The van der Waals surface area contributed by atoms with Crippen molar-refractivity contribution in [3.63, 3.8) is 0 Å². The largest absolute Gasteiger partial charge is 0.369 e. The van der Waals surface area contributed by atoms with Crippen LogP contribution in [0, 0.1) is 23.0 Å². The molecule has 1 saturated heterocycles. The van der Waals surface area contributed by atoms with Crippen LogP contribution in [0.15, 0.2) is 18.2 Å². The lowest BCUT2D eigenvalue weighted by atomic mass is 9.99. The van der Waals surface area contributed by atoms with Crippen LogP contribution in [0.4, 0.5) is 11.4 Å². The number of rotatable bonds is 4. The predicted molar refractivity (Wildman–Crippen MR) is 76.7 cm³/mol. The molecule has 19 heavy (non-hydrogen) atoms. The molecule has 1 aromatic rings. The van der Waals surface area contributed by atoms with E-state index in [9.17, 15) is 10.1 Å². The summed E-state index contributed by atoms with van der Waals surface area (Å²) in [5, 5.41) is 14.5. The van der Waals surface area contributed by atoms with Gasteiger partial charge in [0.1, 0.15) is 5.69 Å². The first kappa shape index (κ1) is 13.8. The smallest absolute Gasteiger partial charge is 0.292 e. The molecule has 0 spiro atoms. The molecule has 0 saturated carbocycles. The van der Waals surface area contributed by atoms with E-state index in [4.69, 9.17) is 0 Å². The van der Waals surface area contributed by atoms with Gasteiger partial charge in [0.25, 0.3) is 5.69 Å². The van der Waals surface area contributed by atoms with E-state index in [1.165, 1.54) is 12.8 Å². The van der Waals surface area contributed by atoms with E-state index in [1.54, 1.807) is 12.1 Å². The fraction of sp³-hybridized carbons (Fsp3) is 0.571. The summed E-state index contributed by atoms with van der Waals surface area (Å²) >= 11 is 0. The number of hydrogen-bond donors (Lipinski definition) is 1. The molecule has 5 heteroatoms. The van der Waals surface area contributed by atoms with Gasteiger partial charge in [-0.05, 0) is 50.4 Å². The Hall–Kier alpha value is -1.62. The fourth-order valence-electron chi connectivity index (χ4n) is 2.66. The van der Waals surface area contributed by atoms with Crippen LogP contribution < -0.4 is 10.2 Å². The second-order valence-electron chi connectivity index (χ2n) is 5.34. The number of piperidine rings is 1. The molecule has 5 nitrogen and oxygen atoms in total. The van der Waals surface area contributed by atoms with Crippen molar-refractivity contribution in [1.29, 1.82) is 0 Å². The fourth-order valence-corrected chi connectivity index (χ4v) is 2.66. The minimum atomic E-state index is -0.301. The average molecular weight is 263 g/mol. The number of nitrogens with one attached hydrogen (secondary N) is 1. The molecule has 0 aliphatic carbocycles. The second-order valence-corrected chi connectivity index (χ2v) is 5.34. The van der Waals surface area contributed by atoms with Crippen LogP contribution in [0.25, 0.3) is 0 Å². The van der Waals surface area contributed by atoms with Crippen molar-refractivity contribution in [2.24, 2.45) is 5.92 Å². The van der Waals surface area contributed by atoms with Crippen molar-refractivity contribution in [3.8, 4) is 0 Å². The summed E-state index contributed by atoms with van der Waals surface area (Å²) in [6.07, 6.45) is 2.38. The quantitative estimate of drug-likeness (QED) is 0.669. The number of nitrogens with zero attached hydrogens (tertiary/aromatic N) is 2. The van der Waals surface area contributed by atoms with Crippen LogP contribution >= 0.6 is 0 Å². The molecule has 1 aliphatic heterocycles. The third kappa shape index (κ3) is 3.44. The summed E-state index contributed by atoms with van der Waals surface area (Å²) in [6.45, 7) is 4.91. The lowest BCUT2D eigenvalue weighted by molar-refractivity contribution is -0.384. The molecule has 1 atom stereocenters. The molecule has 1 aliphatic rings. The van der Waals surface area contributed by atoms with E-state index in [-0.39, 0.29) is 10.6 Å². The molecule has 1 N–H and O–H groups in total. The number of hydrogen-bond acceptors (Lipinski definition) is 4. The Morgan fingerprint density at radius 3 is 2.95 bits per heavy atom. The summed E-state index contributed by atoms with van der Waals surface area (Å²) in [5.74, 6) is 0.568. The standard InChI is InChI=1S/C14H21N3O2/c1-11-5-6-13(17(18)19)14(8-11)16(2)10-12-4-3-7-15-9-12/h5-6,8,12,15H,3-4,7,9-10H2,1-2H3. The van der Waals surface area contributed by atoms with Gasteiger partial charge in [-0.3, -0.25) is 10.1 Å². The summed E-state index contributed by atoms with van der Waals surface area (Å²) < 4.78 is 0. The zero-order valence-electron chi connectivity index (χ0n) is 11.6. The third-order valence-electron chi connectivity index (χ3n) is 3.67. The van der Waals surface area contributed by atoms with Gasteiger partial charge in [0, 0.05) is 19.7 Å². The molecule has 1 heterocycles. The predicted octanol–water partition coefficient (Wildman–Crippen LogP) is 2.34. The van der Waals surface area contributed by atoms with Crippen LogP contribution in [0.2, 0.25) is 0 Å². The molecule has 1 unspecified atom stereocenters. The number of nitro benzene ring substituents is 1. The monoisotopic (exact) mass is 263 g/mol. The summed E-state index contributed by atoms with van der Waals surface area (Å²) in [6, 6.07) is 5.28. The molecule has 1 aromatic carbocycles. The number of benzene rings is 1. The van der Waals surface area contributed by atoms with Crippen LogP contribution in [-0.2, 0) is 0 Å². The molecular weight excluding hydrogens is 242 g/mol. The first-order valence-electron chi connectivity index (χ1n) is 6.75. The molecule has 1 fully saturated rings. The maximum Gasteiger partial charge on any atom is 0.292 e. The summed E-state index contributed by atoms with van der Waals surface area (Å²) in [7, 11) is 1.94. The highest BCUT2D eigenvalue weighted by atomic mass is 16.6. The Morgan fingerprint density at radius 2 is 2.32 bits per heavy atom. The van der Waals surface area contributed by atoms with Gasteiger partial charge in [0.15, 0.2) is 0 Å². The topological polar surface area (TPSA) is 58.4 Å².